The van der Waals surface area contributed by atoms with E-state index in [1.807, 2.05) is 41.8 Å². The first-order valence-corrected chi connectivity index (χ1v) is 9.45. The maximum absolute atomic E-state index is 12.2. The van der Waals surface area contributed by atoms with E-state index in [4.69, 9.17) is 9.94 Å². The van der Waals surface area contributed by atoms with Crippen LogP contribution in [0.15, 0.2) is 47.9 Å². The van der Waals surface area contributed by atoms with E-state index in [0.717, 1.165) is 29.2 Å². The number of nitrogens with zero attached hydrogens (tertiary/aromatic N) is 2. The summed E-state index contributed by atoms with van der Waals surface area (Å²) in [6.07, 6.45) is 2.61. The van der Waals surface area contributed by atoms with Crippen molar-refractivity contribution in [3.05, 3.63) is 58.3 Å². The zero-order valence-electron chi connectivity index (χ0n) is 14.7. The number of anilines is 1. The van der Waals surface area contributed by atoms with Crippen molar-refractivity contribution in [3.63, 3.8) is 0 Å². The molecule has 2 amide bonds. The van der Waals surface area contributed by atoms with Crippen LogP contribution >= 0.6 is 11.3 Å². The number of hydrogen-bond donors (Lipinski definition) is 2. The standard InChI is InChI=1S/C19H21N3O4S/c23-18(20-25)8-5-15-3-6-16(7-4-15)21-9-11-22(12-10-21)19(24)26-14-17-2-1-13-27-17/h1-8,13,25H,9-12,14H2,(H,20,23)/b8-5+. The molecule has 7 nitrogen and oxygen atoms in total. The molecule has 2 heterocycles. The van der Waals surface area contributed by atoms with Crippen molar-refractivity contribution in [1.29, 1.82) is 0 Å². The lowest BCUT2D eigenvalue weighted by Crippen LogP contribution is -2.48. The Hall–Kier alpha value is -2.84. The molecule has 0 spiro atoms. The molecule has 3 rings (SSSR count). The van der Waals surface area contributed by atoms with Gasteiger partial charge < -0.3 is 14.5 Å². The van der Waals surface area contributed by atoms with E-state index in [1.54, 1.807) is 27.8 Å². The number of benzene rings is 1. The van der Waals surface area contributed by atoms with Crippen LogP contribution in [0.5, 0.6) is 0 Å². The SMILES string of the molecule is O=C(/C=C/c1ccc(N2CCN(C(=O)OCc3cccs3)CC2)cc1)NO. The Morgan fingerprint density at radius 3 is 2.52 bits per heavy atom. The first kappa shape index (κ1) is 18.9. The van der Waals surface area contributed by atoms with Gasteiger partial charge in [0.05, 0.1) is 0 Å². The molecule has 1 aromatic heterocycles. The Labute approximate surface area is 161 Å². The van der Waals surface area contributed by atoms with E-state index in [2.05, 4.69) is 4.90 Å². The van der Waals surface area contributed by atoms with Crippen LogP contribution in [0.2, 0.25) is 0 Å². The minimum absolute atomic E-state index is 0.273. The van der Waals surface area contributed by atoms with Crippen molar-refractivity contribution < 1.29 is 19.5 Å². The molecule has 1 aliphatic heterocycles. The first-order chi connectivity index (χ1) is 13.2. The monoisotopic (exact) mass is 387 g/mol. The van der Waals surface area contributed by atoms with Crippen molar-refractivity contribution in [3.8, 4) is 0 Å². The van der Waals surface area contributed by atoms with Gasteiger partial charge in [-0.2, -0.15) is 0 Å². The zero-order valence-corrected chi connectivity index (χ0v) is 15.5. The first-order valence-electron chi connectivity index (χ1n) is 8.57. The highest BCUT2D eigenvalue weighted by Crippen LogP contribution is 2.19. The fraction of sp³-hybridized carbons (Fsp3) is 0.263. The lowest BCUT2D eigenvalue weighted by molar-refractivity contribution is -0.124. The Morgan fingerprint density at radius 1 is 1.15 bits per heavy atom. The number of hydrogen-bond acceptors (Lipinski definition) is 6. The molecule has 27 heavy (non-hydrogen) atoms. The van der Waals surface area contributed by atoms with Crippen LogP contribution in [-0.2, 0) is 16.1 Å². The van der Waals surface area contributed by atoms with Crippen LogP contribution in [0, 0.1) is 0 Å². The van der Waals surface area contributed by atoms with Gasteiger partial charge in [-0.3, -0.25) is 10.0 Å². The quantitative estimate of drug-likeness (QED) is 0.468. The van der Waals surface area contributed by atoms with E-state index in [9.17, 15) is 9.59 Å². The summed E-state index contributed by atoms with van der Waals surface area (Å²) in [5.74, 6) is -0.568. The van der Waals surface area contributed by atoms with Gasteiger partial charge in [-0.15, -0.1) is 11.3 Å². The second-order valence-electron chi connectivity index (χ2n) is 6.01. The van der Waals surface area contributed by atoms with E-state index in [1.165, 1.54) is 6.08 Å². The molecule has 2 N–H and O–H groups in total. The number of thiophene rings is 1. The number of ether oxygens (including phenoxy) is 1. The Kier molecular flexibility index (Phi) is 6.45. The van der Waals surface area contributed by atoms with Crippen molar-refractivity contribution in [1.82, 2.24) is 10.4 Å². The summed E-state index contributed by atoms with van der Waals surface area (Å²) < 4.78 is 5.36. The molecule has 1 fully saturated rings. The third-order valence-electron chi connectivity index (χ3n) is 4.25. The van der Waals surface area contributed by atoms with E-state index >= 15 is 0 Å². The van der Waals surface area contributed by atoms with Gasteiger partial charge in [0.15, 0.2) is 0 Å². The van der Waals surface area contributed by atoms with Gasteiger partial charge in [-0.1, -0.05) is 18.2 Å². The largest absolute Gasteiger partial charge is 0.444 e. The summed E-state index contributed by atoms with van der Waals surface area (Å²) >= 11 is 1.57. The number of amides is 2. The van der Waals surface area contributed by atoms with Crippen LogP contribution in [-0.4, -0.2) is 48.3 Å². The maximum atomic E-state index is 12.2. The minimum Gasteiger partial charge on any atom is -0.444 e. The number of carbonyl (C=O) groups excluding carboxylic acids is 2. The second kappa shape index (κ2) is 9.20. The third-order valence-corrected chi connectivity index (χ3v) is 5.10. The molecule has 0 atom stereocenters. The predicted octanol–water partition coefficient (Wildman–Crippen LogP) is 2.73. The fourth-order valence-corrected chi connectivity index (χ4v) is 3.39. The smallest absolute Gasteiger partial charge is 0.410 e. The van der Waals surface area contributed by atoms with Crippen LogP contribution < -0.4 is 10.4 Å². The van der Waals surface area contributed by atoms with Gasteiger partial charge in [-0.05, 0) is 35.2 Å². The van der Waals surface area contributed by atoms with Crippen molar-refractivity contribution in [2.45, 2.75) is 6.61 Å². The number of hydroxylamine groups is 1. The van der Waals surface area contributed by atoms with Gasteiger partial charge in [0, 0.05) is 42.8 Å². The normalized spacial score (nSPS) is 14.4. The summed E-state index contributed by atoms with van der Waals surface area (Å²) in [6, 6.07) is 11.6. The van der Waals surface area contributed by atoms with Gasteiger partial charge in [-0.25, -0.2) is 10.3 Å². The highest BCUT2D eigenvalue weighted by molar-refractivity contribution is 7.09. The van der Waals surface area contributed by atoms with Gasteiger partial charge in [0.25, 0.3) is 5.91 Å². The van der Waals surface area contributed by atoms with Gasteiger partial charge in [0.1, 0.15) is 6.61 Å². The van der Waals surface area contributed by atoms with Crippen LogP contribution in [0.4, 0.5) is 10.5 Å². The van der Waals surface area contributed by atoms with Crippen LogP contribution in [0.25, 0.3) is 6.08 Å². The minimum atomic E-state index is -0.568. The Balaban J connectivity index is 1.47. The molecule has 0 bridgehead atoms. The lowest BCUT2D eigenvalue weighted by atomic mass is 10.1. The Bertz CT molecular complexity index is 782. The summed E-state index contributed by atoms with van der Waals surface area (Å²) in [5.41, 5.74) is 3.47. The highest BCUT2D eigenvalue weighted by Gasteiger charge is 2.22. The molecule has 0 radical (unpaired) electrons. The highest BCUT2D eigenvalue weighted by atomic mass is 32.1. The van der Waals surface area contributed by atoms with E-state index in [-0.39, 0.29) is 6.09 Å². The predicted molar refractivity (Wildman–Crippen MR) is 104 cm³/mol. The number of nitrogens with one attached hydrogen (secondary N) is 1. The molecular formula is C19H21N3O4S. The average Bonchev–Trinajstić information content (AvgIpc) is 3.24. The summed E-state index contributed by atoms with van der Waals surface area (Å²) in [7, 11) is 0. The average molecular weight is 387 g/mol. The topological polar surface area (TPSA) is 82.1 Å². The molecule has 8 heteroatoms. The van der Waals surface area contributed by atoms with Crippen molar-refractivity contribution in [2.24, 2.45) is 0 Å². The van der Waals surface area contributed by atoms with Crippen molar-refractivity contribution in [2.75, 3.05) is 31.1 Å². The lowest BCUT2D eigenvalue weighted by Gasteiger charge is -2.35. The number of piperazine rings is 1. The molecule has 142 valence electrons. The number of carbonyl (C=O) groups is 2. The second-order valence-corrected chi connectivity index (χ2v) is 7.04. The van der Waals surface area contributed by atoms with Gasteiger partial charge in [0.2, 0.25) is 0 Å². The molecule has 1 aromatic carbocycles. The number of rotatable bonds is 5. The molecule has 0 saturated carbocycles. The van der Waals surface area contributed by atoms with Crippen LogP contribution in [0.1, 0.15) is 10.4 Å². The maximum Gasteiger partial charge on any atom is 0.410 e. The molecule has 0 aliphatic carbocycles. The third kappa shape index (κ3) is 5.32. The van der Waals surface area contributed by atoms with E-state index in [0.29, 0.717) is 19.7 Å². The summed E-state index contributed by atoms with van der Waals surface area (Å²) in [4.78, 5) is 28.1. The molecule has 1 aliphatic rings. The summed E-state index contributed by atoms with van der Waals surface area (Å²) in [5, 5.41) is 10.4. The summed E-state index contributed by atoms with van der Waals surface area (Å²) in [6.45, 7) is 3.01. The zero-order chi connectivity index (χ0) is 19.1. The molecule has 0 unspecified atom stereocenters. The molecular weight excluding hydrogens is 366 g/mol. The van der Waals surface area contributed by atoms with E-state index < -0.39 is 5.91 Å². The molecule has 2 aromatic rings. The van der Waals surface area contributed by atoms with Crippen molar-refractivity contribution >= 4 is 35.1 Å². The Morgan fingerprint density at radius 2 is 1.89 bits per heavy atom. The van der Waals surface area contributed by atoms with Gasteiger partial charge >= 0.3 is 6.09 Å². The fourth-order valence-electron chi connectivity index (χ4n) is 2.77. The van der Waals surface area contributed by atoms with Crippen LogP contribution in [0.3, 0.4) is 0 Å². The molecule has 1 saturated heterocycles.